The summed E-state index contributed by atoms with van der Waals surface area (Å²) >= 11 is 0. The number of pyridine rings is 2. The average Bonchev–Trinajstić information content (AvgIpc) is 3.00. The summed E-state index contributed by atoms with van der Waals surface area (Å²) in [5.41, 5.74) is 5.89. The van der Waals surface area contributed by atoms with Crippen molar-refractivity contribution in [3.63, 3.8) is 0 Å². The van der Waals surface area contributed by atoms with Crippen molar-refractivity contribution in [2.45, 2.75) is 72.5 Å². The fraction of sp³-hybridized carbons (Fsp3) is 0.471. The summed E-state index contributed by atoms with van der Waals surface area (Å²) in [6.45, 7) is 13.8. The minimum absolute atomic E-state index is 0.142. The smallest absolute Gasteiger partial charge is 0.269 e. The molecule has 2 aromatic heterocycles. The summed E-state index contributed by atoms with van der Waals surface area (Å²) in [5, 5.41) is 5.84. The number of hydrogen-bond acceptors (Lipinski definition) is 7. The number of aryl methyl sites for hydroxylation is 3. The van der Waals surface area contributed by atoms with Gasteiger partial charge in [0.25, 0.3) is 11.8 Å². The fourth-order valence-corrected chi connectivity index (χ4v) is 5.90. The van der Waals surface area contributed by atoms with Crippen molar-refractivity contribution in [3.8, 4) is 5.75 Å². The highest BCUT2D eigenvalue weighted by Crippen LogP contribution is 2.29. The van der Waals surface area contributed by atoms with Gasteiger partial charge in [-0.1, -0.05) is 0 Å². The molecule has 3 aromatic rings. The third-order valence-electron chi connectivity index (χ3n) is 8.50. The van der Waals surface area contributed by atoms with Gasteiger partial charge in [0.05, 0.1) is 18.4 Å². The van der Waals surface area contributed by atoms with E-state index in [4.69, 9.17) is 4.74 Å². The lowest BCUT2D eigenvalue weighted by Crippen LogP contribution is -2.48. The lowest BCUT2D eigenvalue weighted by molar-refractivity contribution is 0.0932. The van der Waals surface area contributed by atoms with Crippen LogP contribution in [0.5, 0.6) is 5.75 Å². The molecule has 3 heterocycles. The van der Waals surface area contributed by atoms with Crippen molar-refractivity contribution in [3.05, 3.63) is 82.4 Å². The third kappa shape index (κ3) is 8.10. The van der Waals surface area contributed by atoms with Crippen molar-refractivity contribution in [1.82, 2.24) is 25.5 Å². The maximum atomic E-state index is 13.0. The molecule has 0 radical (unpaired) electrons. The molecule has 0 saturated carbocycles. The summed E-state index contributed by atoms with van der Waals surface area (Å²) in [7, 11) is 1.69. The molecular weight excluding hydrogens is 540 g/mol. The number of carbonyl (C=O) groups excluding carboxylic acids is 2. The summed E-state index contributed by atoms with van der Waals surface area (Å²) in [6, 6.07) is 12.9. The van der Waals surface area contributed by atoms with Crippen LogP contribution >= 0.6 is 0 Å². The predicted octanol–water partition coefficient (Wildman–Crippen LogP) is 4.84. The van der Waals surface area contributed by atoms with E-state index in [1.807, 2.05) is 38.4 Å². The van der Waals surface area contributed by atoms with E-state index in [9.17, 15) is 9.59 Å². The van der Waals surface area contributed by atoms with Crippen molar-refractivity contribution in [1.29, 1.82) is 0 Å². The number of anilines is 1. The van der Waals surface area contributed by atoms with E-state index in [0.717, 1.165) is 50.2 Å². The number of rotatable bonds is 12. The van der Waals surface area contributed by atoms with E-state index >= 15 is 0 Å². The molecule has 0 unspecified atom stereocenters. The first-order chi connectivity index (χ1) is 20.7. The van der Waals surface area contributed by atoms with Crippen molar-refractivity contribution >= 4 is 17.5 Å². The van der Waals surface area contributed by atoms with E-state index < -0.39 is 0 Å². The molecule has 9 heteroatoms. The van der Waals surface area contributed by atoms with Crippen LogP contribution in [0.4, 0.5) is 5.69 Å². The molecule has 0 spiro atoms. The van der Waals surface area contributed by atoms with E-state index in [-0.39, 0.29) is 11.8 Å². The van der Waals surface area contributed by atoms with Crippen LogP contribution in [0.3, 0.4) is 0 Å². The quantitative estimate of drug-likeness (QED) is 0.313. The highest BCUT2D eigenvalue weighted by Gasteiger charge is 2.28. The average molecular weight is 587 g/mol. The Bertz CT molecular complexity index is 1360. The monoisotopic (exact) mass is 586 g/mol. The van der Waals surface area contributed by atoms with Gasteiger partial charge >= 0.3 is 0 Å². The minimum atomic E-state index is -0.224. The normalized spacial score (nSPS) is 14.7. The Morgan fingerprint density at radius 1 is 1.05 bits per heavy atom. The first-order valence-electron chi connectivity index (χ1n) is 15.3. The van der Waals surface area contributed by atoms with Gasteiger partial charge in [-0.2, -0.15) is 0 Å². The Morgan fingerprint density at radius 2 is 1.77 bits per heavy atom. The number of aromatic nitrogens is 2. The highest BCUT2D eigenvalue weighted by molar-refractivity contribution is 5.98. The number of nitrogens with one attached hydrogen (secondary N) is 2. The zero-order valence-electron chi connectivity index (χ0n) is 26.4. The van der Waals surface area contributed by atoms with Crippen LogP contribution < -0.4 is 20.3 Å². The molecule has 1 aliphatic heterocycles. The molecule has 43 heavy (non-hydrogen) atoms. The number of amides is 2. The molecular formula is C34H46N6O3. The number of piperidine rings is 1. The van der Waals surface area contributed by atoms with Crippen LogP contribution in [0.1, 0.15) is 76.3 Å². The van der Waals surface area contributed by atoms with Gasteiger partial charge in [0.1, 0.15) is 11.4 Å². The van der Waals surface area contributed by atoms with Crippen LogP contribution in [0, 0.1) is 20.8 Å². The SMILES string of the molecule is CCNC(=O)c1cc(C)c(C(=O)NCC[C@@H](C)N2CCC(N(Cc3cnccc3C)c3ccc(OC)cc3)CC2)c(C)n1. The lowest BCUT2D eigenvalue weighted by atomic mass is 9.99. The van der Waals surface area contributed by atoms with Crippen LogP contribution in [0.25, 0.3) is 0 Å². The largest absolute Gasteiger partial charge is 0.497 e. The Hall–Kier alpha value is -3.98. The van der Waals surface area contributed by atoms with Gasteiger partial charge in [-0.25, -0.2) is 4.98 Å². The second-order valence-electron chi connectivity index (χ2n) is 11.4. The Balaban J connectivity index is 1.33. The fourth-order valence-electron chi connectivity index (χ4n) is 5.90. The zero-order valence-corrected chi connectivity index (χ0v) is 26.4. The molecule has 2 amide bonds. The highest BCUT2D eigenvalue weighted by atomic mass is 16.5. The summed E-state index contributed by atoms with van der Waals surface area (Å²) in [4.78, 5) is 39.0. The van der Waals surface area contributed by atoms with E-state index in [0.29, 0.717) is 42.1 Å². The van der Waals surface area contributed by atoms with Crippen LogP contribution in [-0.4, -0.2) is 72.1 Å². The summed E-state index contributed by atoms with van der Waals surface area (Å²) < 4.78 is 5.40. The number of nitrogens with zero attached hydrogens (tertiary/aromatic N) is 4. The molecule has 1 saturated heterocycles. The van der Waals surface area contributed by atoms with Crippen LogP contribution in [0.15, 0.2) is 48.8 Å². The maximum absolute atomic E-state index is 13.0. The molecule has 1 fully saturated rings. The van der Waals surface area contributed by atoms with Gasteiger partial charge in [-0.15, -0.1) is 0 Å². The number of ether oxygens (including phenoxy) is 1. The second kappa shape index (κ2) is 15.0. The predicted molar refractivity (Wildman–Crippen MR) is 171 cm³/mol. The van der Waals surface area contributed by atoms with Gasteiger partial charge in [0.2, 0.25) is 0 Å². The Morgan fingerprint density at radius 3 is 2.40 bits per heavy atom. The molecule has 2 N–H and O–H groups in total. The topological polar surface area (TPSA) is 99.7 Å². The van der Waals surface area contributed by atoms with Gasteiger partial charge in [0, 0.05) is 62.9 Å². The van der Waals surface area contributed by atoms with Crippen molar-refractivity contribution in [2.75, 3.05) is 38.2 Å². The van der Waals surface area contributed by atoms with Gasteiger partial charge in [-0.05, 0) is 107 Å². The third-order valence-corrected chi connectivity index (χ3v) is 8.50. The minimum Gasteiger partial charge on any atom is -0.497 e. The first-order valence-corrected chi connectivity index (χ1v) is 15.3. The van der Waals surface area contributed by atoms with E-state index in [2.05, 4.69) is 62.4 Å². The van der Waals surface area contributed by atoms with Crippen LogP contribution in [-0.2, 0) is 6.54 Å². The Kier molecular flexibility index (Phi) is 11.1. The summed E-state index contributed by atoms with van der Waals surface area (Å²) in [6.07, 6.45) is 6.81. The molecule has 0 bridgehead atoms. The first kappa shape index (κ1) is 31.9. The van der Waals surface area contributed by atoms with E-state index in [1.54, 1.807) is 20.1 Å². The number of likely N-dealkylation sites (tertiary alicyclic amines) is 1. The van der Waals surface area contributed by atoms with Gasteiger partial charge in [0.15, 0.2) is 0 Å². The standard InChI is InChI=1S/C34H46N6O3/c1-7-36-33(41)31-20-24(3)32(26(5)38-31)34(42)37-17-13-25(4)39-18-14-29(15-19-39)40(22-27-21-35-16-12-23(27)2)28-8-10-30(43-6)11-9-28/h8-12,16,20-21,25,29H,7,13-15,17-19,22H2,1-6H3,(H,36,41)(H,37,42)/t25-/m1/s1. The molecule has 1 aliphatic rings. The molecule has 0 aliphatic carbocycles. The maximum Gasteiger partial charge on any atom is 0.269 e. The van der Waals surface area contributed by atoms with Crippen molar-refractivity contribution in [2.24, 2.45) is 0 Å². The van der Waals surface area contributed by atoms with E-state index in [1.165, 1.54) is 16.8 Å². The second-order valence-corrected chi connectivity index (χ2v) is 11.4. The van der Waals surface area contributed by atoms with Crippen molar-refractivity contribution < 1.29 is 14.3 Å². The molecule has 1 aromatic carbocycles. The molecule has 1 atom stereocenters. The van der Waals surface area contributed by atoms with Gasteiger partial charge < -0.3 is 25.2 Å². The van der Waals surface area contributed by atoms with Gasteiger partial charge in [-0.3, -0.25) is 14.6 Å². The number of methoxy groups -OCH3 is 1. The van der Waals surface area contributed by atoms with Crippen LogP contribution in [0.2, 0.25) is 0 Å². The number of hydrogen-bond donors (Lipinski definition) is 2. The number of carbonyl (C=O) groups is 2. The Labute approximate surface area is 256 Å². The summed E-state index contributed by atoms with van der Waals surface area (Å²) in [5.74, 6) is 0.490. The zero-order chi connectivity index (χ0) is 30.9. The molecule has 9 nitrogen and oxygen atoms in total. The molecule has 230 valence electrons. The number of benzene rings is 1. The molecule has 4 rings (SSSR count). The lowest BCUT2D eigenvalue weighted by Gasteiger charge is -2.42.